The lowest BCUT2D eigenvalue weighted by Gasteiger charge is -2.09. The zero-order valence-electron chi connectivity index (χ0n) is 10.8. The molecule has 110 valence electrons. The summed E-state index contributed by atoms with van der Waals surface area (Å²) in [6.45, 7) is 1.32. The van der Waals surface area contributed by atoms with Crippen LogP contribution in [0.5, 0.6) is 0 Å². The van der Waals surface area contributed by atoms with Crippen molar-refractivity contribution in [3.63, 3.8) is 0 Å². The lowest BCUT2D eigenvalue weighted by molar-refractivity contribution is -0.137. The molecular weight excluding hydrogens is 291 g/mol. The molecule has 2 aromatic carbocycles. The highest BCUT2D eigenvalue weighted by Crippen LogP contribution is 2.30. The number of ketones is 1. The van der Waals surface area contributed by atoms with E-state index >= 15 is 0 Å². The van der Waals surface area contributed by atoms with Gasteiger partial charge in [0.25, 0.3) is 0 Å². The molecule has 0 spiro atoms. The van der Waals surface area contributed by atoms with Crippen molar-refractivity contribution in [1.82, 2.24) is 0 Å². The van der Waals surface area contributed by atoms with Gasteiger partial charge in [0.1, 0.15) is 0 Å². The van der Waals surface area contributed by atoms with Crippen LogP contribution < -0.4 is 0 Å². The highest BCUT2D eigenvalue weighted by Gasteiger charge is 2.31. The fourth-order valence-electron chi connectivity index (χ4n) is 1.81. The molecule has 2 rings (SSSR count). The number of rotatable bonds is 2. The molecule has 0 fully saturated rings. The van der Waals surface area contributed by atoms with Crippen molar-refractivity contribution in [2.24, 2.45) is 0 Å². The van der Waals surface area contributed by atoms with Gasteiger partial charge in [0.05, 0.1) is 11.1 Å². The Balaban J connectivity index is 2.49. The minimum Gasteiger partial charge on any atom is -0.288 e. The van der Waals surface area contributed by atoms with Gasteiger partial charge in [-0.05, 0) is 30.7 Å². The zero-order chi connectivity index (χ0) is 15.8. The number of carbonyl (C=O) groups is 1. The summed E-state index contributed by atoms with van der Waals surface area (Å²) in [6.07, 6.45) is -4.62. The van der Waals surface area contributed by atoms with Crippen LogP contribution in [0.4, 0.5) is 22.0 Å². The zero-order valence-corrected chi connectivity index (χ0v) is 10.8. The van der Waals surface area contributed by atoms with Crippen molar-refractivity contribution in [1.29, 1.82) is 0 Å². The van der Waals surface area contributed by atoms with Crippen LogP contribution in [-0.2, 0) is 6.18 Å². The van der Waals surface area contributed by atoms with Gasteiger partial charge in [-0.25, -0.2) is 8.78 Å². The van der Waals surface area contributed by atoms with Gasteiger partial charge in [-0.15, -0.1) is 0 Å². The summed E-state index contributed by atoms with van der Waals surface area (Å²) in [7, 11) is 0. The fourth-order valence-corrected chi connectivity index (χ4v) is 1.81. The van der Waals surface area contributed by atoms with Crippen LogP contribution in [0.25, 0.3) is 0 Å². The number of alkyl halides is 3. The van der Waals surface area contributed by atoms with E-state index in [2.05, 4.69) is 0 Å². The third-order valence-electron chi connectivity index (χ3n) is 2.97. The van der Waals surface area contributed by atoms with E-state index in [1.807, 2.05) is 0 Å². The van der Waals surface area contributed by atoms with Gasteiger partial charge in [0, 0.05) is 5.56 Å². The van der Waals surface area contributed by atoms with Crippen LogP contribution >= 0.6 is 0 Å². The SMILES string of the molecule is Cc1ccc(C(=O)c2cccc(C(F)(F)F)c2)c(F)c1F. The highest BCUT2D eigenvalue weighted by molar-refractivity contribution is 6.09. The third-order valence-corrected chi connectivity index (χ3v) is 2.97. The number of hydrogen-bond donors (Lipinski definition) is 0. The Morgan fingerprint density at radius 3 is 2.29 bits per heavy atom. The van der Waals surface area contributed by atoms with E-state index in [0.29, 0.717) is 6.07 Å². The fraction of sp³-hybridized carbons (Fsp3) is 0.133. The molecule has 0 aromatic heterocycles. The van der Waals surface area contributed by atoms with Crippen LogP contribution in [0, 0.1) is 18.6 Å². The maximum absolute atomic E-state index is 13.7. The lowest BCUT2D eigenvalue weighted by atomic mass is 9.99. The molecule has 0 saturated carbocycles. The molecule has 0 aliphatic carbocycles. The second-order valence-corrected chi connectivity index (χ2v) is 4.47. The van der Waals surface area contributed by atoms with Crippen LogP contribution in [0.2, 0.25) is 0 Å². The number of benzene rings is 2. The quantitative estimate of drug-likeness (QED) is 0.588. The minimum atomic E-state index is -4.62. The minimum absolute atomic E-state index is 0.00749. The molecule has 0 saturated heterocycles. The molecule has 0 heterocycles. The number of hydrogen-bond acceptors (Lipinski definition) is 1. The Labute approximate surface area is 117 Å². The van der Waals surface area contributed by atoms with Gasteiger partial charge in [-0.2, -0.15) is 13.2 Å². The Bertz CT molecular complexity index is 704. The van der Waals surface area contributed by atoms with Gasteiger partial charge in [-0.3, -0.25) is 4.79 Å². The third kappa shape index (κ3) is 2.94. The first-order valence-electron chi connectivity index (χ1n) is 5.88. The van der Waals surface area contributed by atoms with E-state index in [9.17, 15) is 26.7 Å². The average molecular weight is 300 g/mol. The topological polar surface area (TPSA) is 17.1 Å². The summed E-state index contributed by atoms with van der Waals surface area (Å²) in [5.41, 5.74) is -1.97. The summed E-state index contributed by atoms with van der Waals surface area (Å²) < 4.78 is 64.9. The lowest BCUT2D eigenvalue weighted by Crippen LogP contribution is -2.10. The summed E-state index contributed by atoms with van der Waals surface area (Å²) in [4.78, 5) is 12.0. The van der Waals surface area contributed by atoms with Gasteiger partial charge in [-0.1, -0.05) is 18.2 Å². The monoisotopic (exact) mass is 300 g/mol. The molecule has 0 aliphatic heterocycles. The van der Waals surface area contributed by atoms with Crippen LogP contribution in [0.15, 0.2) is 36.4 Å². The van der Waals surface area contributed by atoms with Crippen LogP contribution in [0.1, 0.15) is 27.0 Å². The van der Waals surface area contributed by atoms with E-state index in [0.717, 1.165) is 24.3 Å². The normalized spacial score (nSPS) is 11.5. The smallest absolute Gasteiger partial charge is 0.288 e. The molecule has 0 bridgehead atoms. The highest BCUT2D eigenvalue weighted by atomic mass is 19.4. The molecule has 0 N–H and O–H groups in total. The molecule has 0 aliphatic rings. The van der Waals surface area contributed by atoms with Crippen molar-refractivity contribution < 1.29 is 26.7 Å². The number of halogens is 5. The Morgan fingerprint density at radius 2 is 1.67 bits per heavy atom. The Hall–Kier alpha value is -2.24. The molecule has 0 radical (unpaired) electrons. The standard InChI is InChI=1S/C15H9F5O/c1-8-5-6-11(13(17)12(8)16)14(21)9-3-2-4-10(7-9)15(18,19)20/h2-7H,1H3. The molecule has 21 heavy (non-hydrogen) atoms. The molecule has 0 amide bonds. The van der Waals surface area contributed by atoms with Gasteiger partial charge >= 0.3 is 6.18 Å². The van der Waals surface area contributed by atoms with Crippen molar-refractivity contribution in [2.45, 2.75) is 13.1 Å². The number of aryl methyl sites for hydroxylation is 1. The van der Waals surface area contributed by atoms with Gasteiger partial charge in [0.2, 0.25) is 0 Å². The first-order valence-corrected chi connectivity index (χ1v) is 5.88. The summed E-state index contributed by atoms with van der Waals surface area (Å²) >= 11 is 0. The molecular formula is C15H9F5O. The molecule has 6 heteroatoms. The second kappa shape index (κ2) is 5.27. The first-order chi connectivity index (χ1) is 9.71. The van der Waals surface area contributed by atoms with Crippen molar-refractivity contribution in [2.75, 3.05) is 0 Å². The first kappa shape index (κ1) is 15.2. The molecule has 2 aromatic rings. The van der Waals surface area contributed by atoms with E-state index in [1.165, 1.54) is 13.0 Å². The predicted octanol–water partition coefficient (Wildman–Crippen LogP) is 4.52. The maximum atomic E-state index is 13.7. The molecule has 1 nitrogen and oxygen atoms in total. The van der Waals surface area contributed by atoms with Crippen molar-refractivity contribution in [3.05, 3.63) is 70.3 Å². The van der Waals surface area contributed by atoms with E-state index in [4.69, 9.17) is 0 Å². The van der Waals surface area contributed by atoms with E-state index < -0.39 is 34.7 Å². The Kier molecular flexibility index (Phi) is 3.80. The summed E-state index contributed by atoms with van der Waals surface area (Å²) in [5, 5.41) is 0. The van der Waals surface area contributed by atoms with Gasteiger partial charge < -0.3 is 0 Å². The number of carbonyl (C=O) groups excluding carboxylic acids is 1. The van der Waals surface area contributed by atoms with Gasteiger partial charge in [0.15, 0.2) is 17.4 Å². The second-order valence-electron chi connectivity index (χ2n) is 4.47. The van der Waals surface area contributed by atoms with E-state index in [-0.39, 0.29) is 11.1 Å². The Morgan fingerprint density at radius 1 is 1.00 bits per heavy atom. The van der Waals surface area contributed by atoms with Crippen LogP contribution in [0.3, 0.4) is 0 Å². The molecule has 0 unspecified atom stereocenters. The molecule has 0 atom stereocenters. The summed E-state index contributed by atoms with van der Waals surface area (Å²) in [5.74, 6) is -3.55. The van der Waals surface area contributed by atoms with Crippen molar-refractivity contribution >= 4 is 5.78 Å². The van der Waals surface area contributed by atoms with Crippen molar-refractivity contribution in [3.8, 4) is 0 Å². The van der Waals surface area contributed by atoms with Crippen LogP contribution in [-0.4, -0.2) is 5.78 Å². The largest absolute Gasteiger partial charge is 0.416 e. The summed E-state index contributed by atoms with van der Waals surface area (Å²) in [6, 6.07) is 5.81. The average Bonchev–Trinajstić information content (AvgIpc) is 2.43. The maximum Gasteiger partial charge on any atom is 0.416 e. The predicted molar refractivity (Wildman–Crippen MR) is 66.0 cm³/mol. The van der Waals surface area contributed by atoms with E-state index in [1.54, 1.807) is 0 Å².